The van der Waals surface area contributed by atoms with E-state index in [2.05, 4.69) is 20.6 Å². The van der Waals surface area contributed by atoms with Crippen LogP contribution < -0.4 is 10.6 Å². The van der Waals surface area contributed by atoms with E-state index >= 15 is 0 Å². The molecule has 0 amide bonds. The summed E-state index contributed by atoms with van der Waals surface area (Å²) in [5.41, 5.74) is 1.24. The smallest absolute Gasteiger partial charge is 0.191 e. The summed E-state index contributed by atoms with van der Waals surface area (Å²) in [5.74, 6) is 0.236. The first-order valence-electron chi connectivity index (χ1n) is 8.89. The first kappa shape index (κ1) is 21.1. The molecule has 1 heterocycles. The van der Waals surface area contributed by atoms with Gasteiger partial charge in [0.15, 0.2) is 5.96 Å². The van der Waals surface area contributed by atoms with Gasteiger partial charge in [-0.2, -0.15) is 0 Å². The van der Waals surface area contributed by atoms with Gasteiger partial charge in [0.2, 0.25) is 0 Å². The highest BCUT2D eigenvalue weighted by Gasteiger charge is 2.23. The molecule has 1 aromatic carbocycles. The first-order valence-corrected chi connectivity index (χ1v) is 9.27. The van der Waals surface area contributed by atoms with Gasteiger partial charge in [-0.05, 0) is 42.3 Å². The lowest BCUT2D eigenvalue weighted by Crippen LogP contribution is -2.40. The normalized spacial score (nSPS) is 13.3. The maximum Gasteiger partial charge on any atom is 0.191 e. The molecule has 1 atom stereocenters. The van der Waals surface area contributed by atoms with E-state index in [0.29, 0.717) is 30.6 Å². The summed E-state index contributed by atoms with van der Waals surface area (Å²) in [7, 11) is 0. The van der Waals surface area contributed by atoms with Crippen LogP contribution in [0.2, 0.25) is 5.02 Å². The summed E-state index contributed by atoms with van der Waals surface area (Å²) in [6.07, 6.45) is 2.62. The van der Waals surface area contributed by atoms with Crippen molar-refractivity contribution in [2.75, 3.05) is 19.6 Å². The van der Waals surface area contributed by atoms with Gasteiger partial charge in [-0.1, -0.05) is 31.5 Å². The average Bonchev–Trinajstić information content (AvgIpc) is 2.64. The molecule has 7 heteroatoms. The minimum Gasteiger partial charge on any atom is -0.387 e. The molecule has 5 nitrogen and oxygen atoms in total. The van der Waals surface area contributed by atoms with Crippen molar-refractivity contribution in [3.05, 3.63) is 64.7 Å². The van der Waals surface area contributed by atoms with Crippen molar-refractivity contribution in [1.82, 2.24) is 15.6 Å². The number of aliphatic hydroxyl groups excluding tert-OH is 1. The van der Waals surface area contributed by atoms with Crippen LogP contribution in [0, 0.1) is 5.82 Å². The maximum atomic E-state index is 13.3. The van der Waals surface area contributed by atoms with Crippen LogP contribution in [0.1, 0.15) is 38.0 Å². The zero-order valence-electron chi connectivity index (χ0n) is 15.8. The van der Waals surface area contributed by atoms with Gasteiger partial charge >= 0.3 is 0 Å². The van der Waals surface area contributed by atoms with E-state index in [1.165, 1.54) is 12.1 Å². The molecular weight excluding hydrogens is 367 g/mol. The molecule has 146 valence electrons. The van der Waals surface area contributed by atoms with Gasteiger partial charge < -0.3 is 15.7 Å². The Bertz CT molecular complexity index is 768. The number of halogens is 2. The van der Waals surface area contributed by atoms with E-state index in [9.17, 15) is 9.50 Å². The van der Waals surface area contributed by atoms with E-state index in [1.807, 2.05) is 20.8 Å². The Morgan fingerprint density at radius 2 is 1.96 bits per heavy atom. The molecular formula is C20H26ClFN4O. The minimum atomic E-state index is -0.670. The van der Waals surface area contributed by atoms with Gasteiger partial charge in [0.25, 0.3) is 0 Å². The highest BCUT2D eigenvalue weighted by atomic mass is 35.5. The number of rotatable bonds is 7. The van der Waals surface area contributed by atoms with Crippen molar-refractivity contribution in [3.63, 3.8) is 0 Å². The van der Waals surface area contributed by atoms with Crippen LogP contribution in [-0.4, -0.2) is 35.7 Å². The molecule has 0 saturated heterocycles. The van der Waals surface area contributed by atoms with E-state index in [1.54, 1.807) is 30.6 Å². The summed E-state index contributed by atoms with van der Waals surface area (Å²) in [4.78, 5) is 8.56. The van der Waals surface area contributed by atoms with Crippen LogP contribution in [0.3, 0.4) is 0 Å². The Kier molecular flexibility index (Phi) is 7.56. The molecule has 0 aliphatic heterocycles. The molecule has 1 aromatic heterocycles. The summed E-state index contributed by atoms with van der Waals surface area (Å²) in [5, 5.41) is 17.0. The van der Waals surface area contributed by atoms with Crippen LogP contribution in [0.4, 0.5) is 4.39 Å². The van der Waals surface area contributed by atoms with E-state index in [-0.39, 0.29) is 11.2 Å². The number of aromatic nitrogens is 1. The fraction of sp³-hybridized carbons (Fsp3) is 0.400. The lowest BCUT2D eigenvalue weighted by Gasteiger charge is -2.25. The SMILES string of the molecule is CCNC(=NCC(C)(C)c1ccc(F)cc1Cl)NCC(O)c1ccncc1. The zero-order valence-corrected chi connectivity index (χ0v) is 16.6. The third kappa shape index (κ3) is 6.19. The second-order valence-corrected chi connectivity index (χ2v) is 7.29. The number of nitrogens with zero attached hydrogens (tertiary/aromatic N) is 2. The third-order valence-corrected chi connectivity index (χ3v) is 4.50. The number of hydrogen-bond acceptors (Lipinski definition) is 3. The standard InChI is InChI=1S/C20H26ClFN4O/c1-4-24-19(25-12-18(27)14-7-9-23-10-8-14)26-13-20(2,3)16-6-5-15(22)11-17(16)21/h5-11,18,27H,4,12-13H2,1-3H3,(H2,24,25,26). The Labute approximate surface area is 164 Å². The molecule has 0 spiro atoms. The van der Waals surface area contributed by atoms with Gasteiger partial charge in [-0.25, -0.2) is 4.39 Å². The zero-order chi connectivity index (χ0) is 19.9. The van der Waals surface area contributed by atoms with E-state index in [4.69, 9.17) is 11.6 Å². The molecule has 3 N–H and O–H groups in total. The molecule has 0 fully saturated rings. The predicted octanol–water partition coefficient (Wildman–Crippen LogP) is 3.44. The van der Waals surface area contributed by atoms with Gasteiger partial charge in [-0.15, -0.1) is 0 Å². The fourth-order valence-corrected chi connectivity index (χ4v) is 3.06. The fourth-order valence-electron chi connectivity index (χ4n) is 2.64. The van der Waals surface area contributed by atoms with Crippen molar-refractivity contribution >= 4 is 17.6 Å². The topological polar surface area (TPSA) is 69.5 Å². The Hall–Kier alpha value is -2.18. The van der Waals surface area contributed by atoms with Crippen molar-refractivity contribution in [2.24, 2.45) is 4.99 Å². The minimum absolute atomic E-state index is 0.313. The number of aliphatic imine (C=N–C) groups is 1. The van der Waals surface area contributed by atoms with Crippen molar-refractivity contribution in [1.29, 1.82) is 0 Å². The Morgan fingerprint density at radius 1 is 1.26 bits per heavy atom. The largest absolute Gasteiger partial charge is 0.387 e. The molecule has 27 heavy (non-hydrogen) atoms. The van der Waals surface area contributed by atoms with Gasteiger partial charge in [0.05, 0.1) is 12.6 Å². The number of guanidine groups is 1. The van der Waals surface area contributed by atoms with Crippen LogP contribution >= 0.6 is 11.6 Å². The van der Waals surface area contributed by atoms with Crippen LogP contribution in [0.5, 0.6) is 0 Å². The summed E-state index contributed by atoms with van der Waals surface area (Å²) >= 11 is 6.20. The molecule has 0 radical (unpaired) electrons. The summed E-state index contributed by atoms with van der Waals surface area (Å²) in [6.45, 7) is 7.43. The lowest BCUT2D eigenvalue weighted by molar-refractivity contribution is 0.180. The van der Waals surface area contributed by atoms with Crippen LogP contribution in [0.25, 0.3) is 0 Å². The number of hydrogen-bond donors (Lipinski definition) is 3. The lowest BCUT2D eigenvalue weighted by atomic mass is 9.84. The second kappa shape index (κ2) is 9.67. The van der Waals surface area contributed by atoms with E-state index in [0.717, 1.165) is 11.1 Å². The second-order valence-electron chi connectivity index (χ2n) is 6.88. The number of pyridine rings is 1. The number of benzene rings is 1. The molecule has 2 rings (SSSR count). The Morgan fingerprint density at radius 3 is 2.59 bits per heavy atom. The van der Waals surface area contributed by atoms with Gasteiger partial charge in [0.1, 0.15) is 5.82 Å². The average molecular weight is 393 g/mol. The van der Waals surface area contributed by atoms with Crippen LogP contribution in [0.15, 0.2) is 47.7 Å². The monoisotopic (exact) mass is 392 g/mol. The highest BCUT2D eigenvalue weighted by Crippen LogP contribution is 2.30. The highest BCUT2D eigenvalue weighted by molar-refractivity contribution is 6.31. The summed E-state index contributed by atoms with van der Waals surface area (Å²) in [6, 6.07) is 7.96. The maximum absolute atomic E-state index is 13.3. The predicted molar refractivity (Wildman–Crippen MR) is 108 cm³/mol. The van der Waals surface area contributed by atoms with Crippen LogP contribution in [-0.2, 0) is 5.41 Å². The molecule has 1 unspecified atom stereocenters. The molecule has 0 bridgehead atoms. The number of nitrogens with one attached hydrogen (secondary N) is 2. The molecule has 0 aliphatic rings. The molecule has 0 saturated carbocycles. The Balaban J connectivity index is 2.05. The first-order chi connectivity index (χ1) is 12.8. The summed E-state index contributed by atoms with van der Waals surface area (Å²) < 4.78 is 13.3. The van der Waals surface area contributed by atoms with Gasteiger partial charge in [0, 0.05) is 35.9 Å². The van der Waals surface area contributed by atoms with E-state index < -0.39 is 6.10 Å². The molecule has 0 aliphatic carbocycles. The van der Waals surface area contributed by atoms with Crippen molar-refractivity contribution in [3.8, 4) is 0 Å². The third-order valence-electron chi connectivity index (χ3n) is 4.19. The quantitative estimate of drug-likeness (QED) is 0.498. The van der Waals surface area contributed by atoms with Crippen molar-refractivity contribution in [2.45, 2.75) is 32.3 Å². The van der Waals surface area contributed by atoms with Crippen molar-refractivity contribution < 1.29 is 9.50 Å². The van der Waals surface area contributed by atoms with Gasteiger partial charge in [-0.3, -0.25) is 9.98 Å². The molecule has 2 aromatic rings. The number of aliphatic hydroxyl groups is 1.